The van der Waals surface area contributed by atoms with Crippen molar-refractivity contribution in [3.63, 3.8) is 0 Å². The van der Waals surface area contributed by atoms with Crippen LogP contribution in [0.4, 0.5) is 0 Å². The van der Waals surface area contributed by atoms with Gasteiger partial charge in [-0.15, -0.1) is 0 Å². The van der Waals surface area contributed by atoms with Crippen molar-refractivity contribution in [3.8, 4) is 39.9 Å². The molecule has 8 heteroatoms. The topological polar surface area (TPSA) is 130 Å². The van der Waals surface area contributed by atoms with Crippen molar-refractivity contribution in [1.29, 1.82) is 0 Å². The highest BCUT2D eigenvalue weighted by atomic mass is 16.7. The molecule has 0 aliphatic carbocycles. The molecule has 4 N–H and O–H groups in total. The monoisotopic (exact) mass is 396 g/mol. The van der Waals surface area contributed by atoms with E-state index in [1.165, 1.54) is 43.5 Å². The fraction of sp³-hybridized carbons (Fsp3) is 0.0952. The molecule has 0 saturated carbocycles. The van der Waals surface area contributed by atoms with E-state index in [9.17, 15) is 25.2 Å². The van der Waals surface area contributed by atoms with Crippen molar-refractivity contribution >= 4 is 12.2 Å². The molecular weight excluding hydrogens is 380 g/mol. The van der Waals surface area contributed by atoms with Gasteiger partial charge in [0.05, 0.1) is 0 Å². The molecular formula is C21H16O8. The number of hydrogen-bond acceptors (Lipinski definition) is 8. The van der Waals surface area contributed by atoms with E-state index in [-0.39, 0.29) is 40.1 Å². The Balaban J connectivity index is 1.78. The fourth-order valence-electron chi connectivity index (χ4n) is 3.09. The summed E-state index contributed by atoms with van der Waals surface area (Å²) in [6, 6.07) is 8.28. The number of phenols is 4. The highest BCUT2D eigenvalue weighted by Gasteiger charge is 2.31. The van der Waals surface area contributed by atoms with Crippen LogP contribution in [-0.4, -0.2) is 27.5 Å². The second-order valence-corrected chi connectivity index (χ2v) is 6.37. The van der Waals surface area contributed by atoms with Crippen LogP contribution in [0.2, 0.25) is 0 Å². The standard InChI is InChI=1S/C21H16O8/c1-27-21-13-9-17(25)16(24)8-12(13)19-18(29-21)7-11(28-20(19)26)4-2-10-3-5-14(22)15(23)6-10/h2-9,21-25H,1H3. The third-order valence-corrected chi connectivity index (χ3v) is 4.49. The molecule has 2 heterocycles. The molecule has 0 saturated heterocycles. The molecule has 0 bridgehead atoms. The van der Waals surface area contributed by atoms with Crippen LogP contribution < -0.4 is 10.4 Å². The molecule has 4 rings (SSSR count). The number of aromatic hydroxyl groups is 4. The van der Waals surface area contributed by atoms with Crippen molar-refractivity contribution in [2.75, 3.05) is 7.11 Å². The zero-order valence-electron chi connectivity index (χ0n) is 15.1. The van der Waals surface area contributed by atoms with Gasteiger partial charge in [0.2, 0.25) is 6.29 Å². The Morgan fingerprint density at radius 3 is 2.38 bits per heavy atom. The largest absolute Gasteiger partial charge is 0.504 e. The van der Waals surface area contributed by atoms with E-state index in [1.54, 1.807) is 12.1 Å². The Kier molecular flexibility index (Phi) is 4.40. The first kappa shape index (κ1) is 18.5. The smallest absolute Gasteiger partial charge is 0.347 e. The maximum atomic E-state index is 12.6. The predicted octanol–water partition coefficient (Wildman–Crippen LogP) is 3.34. The summed E-state index contributed by atoms with van der Waals surface area (Å²) < 4.78 is 16.3. The van der Waals surface area contributed by atoms with Gasteiger partial charge in [0, 0.05) is 24.3 Å². The van der Waals surface area contributed by atoms with Crippen LogP contribution in [0.15, 0.2) is 45.6 Å². The normalized spacial score (nSPS) is 15.0. The first-order valence-electron chi connectivity index (χ1n) is 8.51. The van der Waals surface area contributed by atoms with Gasteiger partial charge in [0.1, 0.15) is 17.1 Å². The summed E-state index contributed by atoms with van der Waals surface area (Å²) in [7, 11) is 1.41. The molecule has 8 nitrogen and oxygen atoms in total. The number of benzene rings is 2. The van der Waals surface area contributed by atoms with E-state index in [0.717, 1.165) is 0 Å². The molecule has 1 unspecified atom stereocenters. The van der Waals surface area contributed by atoms with Gasteiger partial charge in [-0.3, -0.25) is 0 Å². The Hall–Kier alpha value is -3.91. The Labute approximate surface area is 164 Å². The van der Waals surface area contributed by atoms with Gasteiger partial charge in [-0.2, -0.15) is 0 Å². The Morgan fingerprint density at radius 2 is 1.66 bits per heavy atom. The van der Waals surface area contributed by atoms with Gasteiger partial charge in [0.15, 0.2) is 23.0 Å². The van der Waals surface area contributed by atoms with Crippen molar-refractivity contribution in [1.82, 2.24) is 0 Å². The Bertz CT molecular complexity index is 1190. The molecule has 1 aromatic heterocycles. The van der Waals surface area contributed by atoms with Gasteiger partial charge in [-0.05, 0) is 35.9 Å². The third kappa shape index (κ3) is 3.26. The predicted molar refractivity (Wildman–Crippen MR) is 103 cm³/mol. The zero-order valence-corrected chi connectivity index (χ0v) is 15.1. The molecule has 29 heavy (non-hydrogen) atoms. The van der Waals surface area contributed by atoms with Crippen LogP contribution in [0, 0.1) is 0 Å². The lowest BCUT2D eigenvalue weighted by atomic mass is 9.96. The van der Waals surface area contributed by atoms with Crippen molar-refractivity contribution in [2.45, 2.75) is 6.29 Å². The van der Waals surface area contributed by atoms with Crippen LogP contribution in [0.5, 0.6) is 28.7 Å². The van der Waals surface area contributed by atoms with Gasteiger partial charge < -0.3 is 34.3 Å². The van der Waals surface area contributed by atoms with Crippen LogP contribution in [0.25, 0.3) is 23.3 Å². The van der Waals surface area contributed by atoms with E-state index in [0.29, 0.717) is 16.7 Å². The van der Waals surface area contributed by atoms with Crippen LogP contribution in [0.3, 0.4) is 0 Å². The lowest BCUT2D eigenvalue weighted by Gasteiger charge is -2.27. The molecule has 0 spiro atoms. The molecule has 0 amide bonds. The van der Waals surface area contributed by atoms with E-state index in [2.05, 4.69) is 0 Å². The van der Waals surface area contributed by atoms with Gasteiger partial charge in [-0.25, -0.2) is 4.79 Å². The van der Waals surface area contributed by atoms with Crippen LogP contribution in [0.1, 0.15) is 23.2 Å². The lowest BCUT2D eigenvalue weighted by molar-refractivity contribution is -0.0583. The molecule has 1 aliphatic heterocycles. The first-order chi connectivity index (χ1) is 13.9. The Morgan fingerprint density at radius 1 is 0.931 bits per heavy atom. The molecule has 3 aromatic rings. The summed E-state index contributed by atoms with van der Waals surface area (Å²) in [6.07, 6.45) is 2.19. The van der Waals surface area contributed by atoms with Crippen molar-refractivity contribution in [2.24, 2.45) is 0 Å². The SMILES string of the molecule is COC1Oc2cc(C=Cc3ccc(O)c(O)c3)oc(=O)c2-c2cc(O)c(O)cc21. The molecule has 148 valence electrons. The summed E-state index contributed by atoms with van der Waals surface area (Å²) in [5.41, 5.74) is 0.688. The van der Waals surface area contributed by atoms with Crippen LogP contribution in [-0.2, 0) is 4.74 Å². The van der Waals surface area contributed by atoms with Gasteiger partial charge in [0.25, 0.3) is 0 Å². The maximum Gasteiger partial charge on any atom is 0.347 e. The minimum Gasteiger partial charge on any atom is -0.504 e. The first-order valence-corrected chi connectivity index (χ1v) is 8.51. The number of ether oxygens (including phenoxy) is 2. The average molecular weight is 396 g/mol. The average Bonchev–Trinajstić information content (AvgIpc) is 2.69. The molecule has 0 radical (unpaired) electrons. The summed E-state index contributed by atoms with van der Waals surface area (Å²) in [5, 5.41) is 38.5. The molecule has 2 aromatic carbocycles. The quantitative estimate of drug-likeness (QED) is 0.496. The number of rotatable bonds is 3. The van der Waals surface area contributed by atoms with Gasteiger partial charge >= 0.3 is 5.63 Å². The molecule has 1 atom stereocenters. The van der Waals surface area contributed by atoms with Crippen LogP contribution >= 0.6 is 0 Å². The number of fused-ring (bicyclic) bond motifs is 3. The second kappa shape index (κ2) is 6.92. The molecule has 0 fully saturated rings. The van der Waals surface area contributed by atoms with E-state index in [1.807, 2.05) is 0 Å². The minimum atomic E-state index is -0.892. The van der Waals surface area contributed by atoms with E-state index in [4.69, 9.17) is 13.9 Å². The fourth-order valence-corrected chi connectivity index (χ4v) is 3.09. The number of methoxy groups -OCH3 is 1. The molecule has 1 aliphatic rings. The third-order valence-electron chi connectivity index (χ3n) is 4.49. The summed E-state index contributed by atoms with van der Waals surface area (Å²) in [6.45, 7) is 0. The van der Waals surface area contributed by atoms with Gasteiger partial charge in [-0.1, -0.05) is 12.1 Å². The number of hydrogen-bond donors (Lipinski definition) is 4. The van der Waals surface area contributed by atoms with E-state index < -0.39 is 11.9 Å². The highest BCUT2D eigenvalue weighted by molar-refractivity contribution is 5.78. The number of phenolic OH excluding ortho intramolecular Hbond substituents is 4. The maximum absolute atomic E-state index is 12.6. The summed E-state index contributed by atoms with van der Waals surface area (Å²) in [4.78, 5) is 12.6. The lowest BCUT2D eigenvalue weighted by Crippen LogP contribution is -2.20. The van der Waals surface area contributed by atoms with E-state index >= 15 is 0 Å². The second-order valence-electron chi connectivity index (χ2n) is 6.37. The highest BCUT2D eigenvalue weighted by Crippen LogP contribution is 2.45. The van der Waals surface area contributed by atoms with Crippen molar-refractivity contribution in [3.05, 3.63) is 63.7 Å². The zero-order chi connectivity index (χ0) is 20.7. The summed E-state index contributed by atoms with van der Waals surface area (Å²) in [5.74, 6) is -0.887. The summed E-state index contributed by atoms with van der Waals surface area (Å²) >= 11 is 0. The minimum absolute atomic E-state index is 0.100. The van der Waals surface area contributed by atoms with Crippen molar-refractivity contribution < 1.29 is 34.3 Å².